The van der Waals surface area contributed by atoms with Gasteiger partial charge < -0.3 is 5.32 Å². The predicted octanol–water partition coefficient (Wildman–Crippen LogP) is 3.71. The number of benzene rings is 1. The molecule has 0 bridgehead atoms. The van der Waals surface area contributed by atoms with E-state index in [9.17, 15) is 9.59 Å². The summed E-state index contributed by atoms with van der Waals surface area (Å²) in [5, 5.41) is 5.44. The highest BCUT2D eigenvalue weighted by atomic mass is 32.1. The molecule has 0 aliphatic heterocycles. The normalized spacial score (nSPS) is 11.0. The first-order chi connectivity index (χ1) is 13.3. The number of nitrogens with one attached hydrogen (secondary N) is 1. The number of likely N-dealkylation sites (N-methyl/N-ethyl adjacent to an activating group) is 2. The number of rotatable bonds is 8. The maximum atomic E-state index is 12.5. The number of aromatic nitrogens is 1. The molecule has 1 aromatic heterocycles. The second-order valence-electron chi connectivity index (χ2n) is 6.98. The minimum atomic E-state index is -0.0642. The Bertz CT molecular complexity index is 824. The van der Waals surface area contributed by atoms with E-state index in [0.717, 1.165) is 29.1 Å². The van der Waals surface area contributed by atoms with E-state index in [4.69, 9.17) is 4.98 Å². The summed E-state index contributed by atoms with van der Waals surface area (Å²) < 4.78 is 0. The molecule has 0 spiro atoms. The van der Waals surface area contributed by atoms with Gasteiger partial charge >= 0.3 is 0 Å². The summed E-state index contributed by atoms with van der Waals surface area (Å²) in [6.07, 6.45) is 0. The van der Waals surface area contributed by atoms with Crippen LogP contribution in [0.25, 0.3) is 0 Å². The molecule has 0 atom stereocenters. The van der Waals surface area contributed by atoms with E-state index < -0.39 is 0 Å². The molecule has 152 valence electrons. The van der Waals surface area contributed by atoms with Crippen LogP contribution in [0.15, 0.2) is 17.5 Å². The molecule has 1 heterocycles. The number of amides is 2. The van der Waals surface area contributed by atoms with E-state index in [1.165, 1.54) is 16.9 Å². The molecule has 0 aliphatic carbocycles. The molecule has 2 rings (SSSR count). The van der Waals surface area contributed by atoms with Gasteiger partial charge in [-0.25, -0.2) is 4.98 Å². The highest BCUT2D eigenvalue weighted by Gasteiger charge is 2.22. The van der Waals surface area contributed by atoms with Crippen molar-refractivity contribution < 1.29 is 9.59 Å². The standard InChI is InChI=1S/C21H30N4O2S/c1-7-22-19(27)12-24(8-2)11-18-13-28-21(23-18)25(17(6)26)20-15(4)9-14(3)10-16(20)5/h9-10,13H,7-8,11-12H2,1-6H3,(H,22,27). The van der Waals surface area contributed by atoms with Gasteiger partial charge in [0.2, 0.25) is 11.8 Å². The van der Waals surface area contributed by atoms with Gasteiger partial charge in [0.15, 0.2) is 5.13 Å². The molecule has 6 nitrogen and oxygen atoms in total. The van der Waals surface area contributed by atoms with Gasteiger partial charge in [0.1, 0.15) is 0 Å². The molecule has 7 heteroatoms. The molecular weight excluding hydrogens is 372 g/mol. The molecule has 0 aliphatic rings. The fourth-order valence-corrected chi connectivity index (χ4v) is 4.21. The largest absolute Gasteiger partial charge is 0.355 e. The van der Waals surface area contributed by atoms with Crippen molar-refractivity contribution in [1.82, 2.24) is 15.2 Å². The number of thiazole rings is 1. The van der Waals surface area contributed by atoms with Crippen LogP contribution in [0.2, 0.25) is 0 Å². The Balaban J connectivity index is 2.27. The Labute approximate surface area is 171 Å². The maximum absolute atomic E-state index is 12.5. The van der Waals surface area contributed by atoms with E-state index in [1.54, 1.807) is 11.8 Å². The highest BCUT2D eigenvalue weighted by molar-refractivity contribution is 7.14. The van der Waals surface area contributed by atoms with Gasteiger partial charge in [0.25, 0.3) is 0 Å². The Morgan fingerprint density at radius 2 is 1.79 bits per heavy atom. The SMILES string of the molecule is CCNC(=O)CN(CC)Cc1csc(N(C(C)=O)c2c(C)cc(C)cc2C)n1. The quantitative estimate of drug-likeness (QED) is 0.731. The zero-order valence-corrected chi connectivity index (χ0v) is 18.4. The number of nitrogens with zero attached hydrogens (tertiary/aromatic N) is 3. The van der Waals surface area contributed by atoms with Crippen molar-refractivity contribution >= 4 is 34.0 Å². The van der Waals surface area contributed by atoms with E-state index >= 15 is 0 Å². The second kappa shape index (κ2) is 9.80. The Morgan fingerprint density at radius 3 is 2.32 bits per heavy atom. The average Bonchev–Trinajstić information content (AvgIpc) is 3.05. The zero-order valence-electron chi connectivity index (χ0n) is 17.6. The fourth-order valence-electron chi connectivity index (χ4n) is 3.35. The molecule has 1 aromatic carbocycles. The van der Waals surface area contributed by atoms with Crippen LogP contribution in [0.1, 0.15) is 43.2 Å². The van der Waals surface area contributed by atoms with E-state index in [-0.39, 0.29) is 11.8 Å². The summed E-state index contributed by atoms with van der Waals surface area (Å²) in [4.78, 5) is 32.8. The smallest absolute Gasteiger partial charge is 0.234 e. The molecule has 0 radical (unpaired) electrons. The number of carbonyl (C=O) groups is 2. The van der Waals surface area contributed by atoms with Crippen molar-refractivity contribution in [3.05, 3.63) is 39.9 Å². The summed E-state index contributed by atoms with van der Waals surface area (Å²) in [6.45, 7) is 13.9. The average molecular weight is 403 g/mol. The summed E-state index contributed by atoms with van der Waals surface area (Å²) in [7, 11) is 0. The van der Waals surface area contributed by atoms with Gasteiger partial charge in [-0.3, -0.25) is 19.4 Å². The molecule has 0 fully saturated rings. The summed E-state index contributed by atoms with van der Waals surface area (Å²) in [6, 6.07) is 4.16. The van der Waals surface area contributed by atoms with Gasteiger partial charge in [0.05, 0.1) is 17.9 Å². The third kappa shape index (κ3) is 5.39. The van der Waals surface area contributed by atoms with Crippen molar-refractivity contribution in [2.45, 2.75) is 48.1 Å². The molecule has 0 saturated carbocycles. The fraction of sp³-hybridized carbons (Fsp3) is 0.476. The second-order valence-corrected chi connectivity index (χ2v) is 7.82. The van der Waals surface area contributed by atoms with Crippen LogP contribution in [-0.2, 0) is 16.1 Å². The van der Waals surface area contributed by atoms with E-state index in [1.807, 2.05) is 38.0 Å². The minimum Gasteiger partial charge on any atom is -0.355 e. The summed E-state index contributed by atoms with van der Waals surface area (Å²) in [5.74, 6) is -0.0540. The van der Waals surface area contributed by atoms with Crippen LogP contribution in [-0.4, -0.2) is 41.3 Å². The van der Waals surface area contributed by atoms with Gasteiger partial charge in [-0.05, 0) is 45.4 Å². The van der Waals surface area contributed by atoms with Gasteiger partial charge in [-0.2, -0.15) is 0 Å². The molecule has 0 unspecified atom stereocenters. The molecule has 0 saturated heterocycles. The third-order valence-electron chi connectivity index (χ3n) is 4.48. The lowest BCUT2D eigenvalue weighted by molar-refractivity contribution is -0.122. The molecule has 28 heavy (non-hydrogen) atoms. The number of carbonyl (C=O) groups excluding carboxylic acids is 2. The van der Waals surface area contributed by atoms with E-state index in [2.05, 4.69) is 24.4 Å². The van der Waals surface area contributed by atoms with Crippen molar-refractivity contribution in [3.63, 3.8) is 0 Å². The predicted molar refractivity (Wildman–Crippen MR) is 115 cm³/mol. The van der Waals surface area contributed by atoms with Crippen molar-refractivity contribution in [1.29, 1.82) is 0 Å². The van der Waals surface area contributed by atoms with Crippen molar-refractivity contribution in [2.75, 3.05) is 24.5 Å². The van der Waals surface area contributed by atoms with Gasteiger partial charge in [-0.15, -0.1) is 11.3 Å². The Morgan fingerprint density at radius 1 is 1.14 bits per heavy atom. The lowest BCUT2D eigenvalue weighted by Gasteiger charge is -2.23. The zero-order chi connectivity index (χ0) is 20.8. The first-order valence-electron chi connectivity index (χ1n) is 9.58. The number of aryl methyl sites for hydroxylation is 3. The Kier molecular flexibility index (Phi) is 7.71. The third-order valence-corrected chi connectivity index (χ3v) is 5.35. The number of hydrogen-bond donors (Lipinski definition) is 1. The monoisotopic (exact) mass is 402 g/mol. The van der Waals surface area contributed by atoms with Crippen LogP contribution >= 0.6 is 11.3 Å². The van der Waals surface area contributed by atoms with Crippen molar-refractivity contribution in [3.8, 4) is 0 Å². The lowest BCUT2D eigenvalue weighted by Crippen LogP contribution is -2.36. The molecule has 1 N–H and O–H groups in total. The molecule has 2 amide bonds. The summed E-state index contributed by atoms with van der Waals surface area (Å²) >= 11 is 1.45. The topological polar surface area (TPSA) is 65.5 Å². The number of anilines is 2. The van der Waals surface area contributed by atoms with Crippen LogP contribution in [0.3, 0.4) is 0 Å². The van der Waals surface area contributed by atoms with Gasteiger partial charge in [0, 0.05) is 25.4 Å². The number of hydrogen-bond acceptors (Lipinski definition) is 5. The minimum absolute atomic E-state index is 0.0103. The Hall–Kier alpha value is -2.25. The first-order valence-corrected chi connectivity index (χ1v) is 10.5. The van der Waals surface area contributed by atoms with E-state index in [0.29, 0.717) is 24.8 Å². The van der Waals surface area contributed by atoms with Crippen LogP contribution in [0.5, 0.6) is 0 Å². The van der Waals surface area contributed by atoms with Crippen LogP contribution < -0.4 is 10.2 Å². The molecule has 2 aromatic rings. The van der Waals surface area contributed by atoms with Crippen LogP contribution in [0, 0.1) is 20.8 Å². The van der Waals surface area contributed by atoms with Crippen LogP contribution in [0.4, 0.5) is 10.8 Å². The first kappa shape index (κ1) is 22.0. The summed E-state index contributed by atoms with van der Waals surface area (Å²) in [5.41, 5.74) is 5.03. The van der Waals surface area contributed by atoms with Crippen molar-refractivity contribution in [2.24, 2.45) is 0 Å². The maximum Gasteiger partial charge on any atom is 0.234 e. The lowest BCUT2D eigenvalue weighted by atomic mass is 10.0. The highest BCUT2D eigenvalue weighted by Crippen LogP contribution is 2.34. The molecular formula is C21H30N4O2S. The van der Waals surface area contributed by atoms with Gasteiger partial charge in [-0.1, -0.05) is 24.6 Å².